The SMILES string of the molecule is CC(=O)C(=O)c1c[nH]c2c(-n3ccnn3)ncc(F)c12.CCOc1ccccc1N1CCNCC1. The Morgan fingerprint density at radius 1 is 1.20 bits per heavy atom. The molecule has 10 nitrogen and oxygen atoms in total. The van der Waals surface area contributed by atoms with Crippen molar-refractivity contribution < 1.29 is 18.7 Å². The third-order valence-corrected chi connectivity index (χ3v) is 5.47. The van der Waals surface area contributed by atoms with E-state index in [1.165, 1.54) is 29.0 Å². The molecule has 0 saturated carbocycles. The molecular weight excluding hydrogens is 453 g/mol. The first-order valence-corrected chi connectivity index (χ1v) is 11.3. The summed E-state index contributed by atoms with van der Waals surface area (Å²) in [5, 5.41) is 10.8. The number of piperazine rings is 1. The molecule has 0 atom stereocenters. The van der Waals surface area contributed by atoms with Gasteiger partial charge in [0, 0.05) is 39.3 Å². The first-order chi connectivity index (χ1) is 17.0. The van der Waals surface area contributed by atoms with Crippen molar-refractivity contribution in [1.82, 2.24) is 30.3 Å². The van der Waals surface area contributed by atoms with Crippen molar-refractivity contribution in [3.8, 4) is 11.6 Å². The molecule has 182 valence electrons. The van der Waals surface area contributed by atoms with Gasteiger partial charge in [0.05, 0.1) is 47.4 Å². The Hall–Kier alpha value is -4.12. The zero-order chi connectivity index (χ0) is 24.8. The lowest BCUT2D eigenvalue weighted by molar-refractivity contribution is -0.113. The summed E-state index contributed by atoms with van der Waals surface area (Å²) in [6, 6.07) is 8.27. The maximum absolute atomic E-state index is 13.9. The summed E-state index contributed by atoms with van der Waals surface area (Å²) in [7, 11) is 0. The lowest BCUT2D eigenvalue weighted by Gasteiger charge is -2.30. The zero-order valence-corrected chi connectivity index (χ0v) is 19.5. The molecule has 0 radical (unpaired) electrons. The standard InChI is InChI=1S/C12H8FN5O2.C12H18N2O/c1-6(19)11(20)7-4-14-10-9(7)8(13)5-15-12(10)18-3-2-16-17-18;1-2-15-12-6-4-3-5-11(12)14-9-7-13-8-10-14/h2-5,14H,1H3;3-6,13H,2,7-10H2,1H3. The molecule has 1 aliphatic heterocycles. The van der Waals surface area contributed by atoms with Crippen molar-refractivity contribution in [3.63, 3.8) is 0 Å². The third kappa shape index (κ3) is 5.19. The average molecular weight is 480 g/mol. The Labute approximate surface area is 201 Å². The predicted octanol–water partition coefficient (Wildman–Crippen LogP) is 2.55. The second-order valence-electron chi connectivity index (χ2n) is 7.75. The van der Waals surface area contributed by atoms with E-state index in [-0.39, 0.29) is 16.5 Å². The highest BCUT2D eigenvalue weighted by Gasteiger charge is 2.22. The van der Waals surface area contributed by atoms with E-state index in [1.807, 2.05) is 19.1 Å². The lowest BCUT2D eigenvalue weighted by atomic mass is 10.1. The van der Waals surface area contributed by atoms with E-state index in [4.69, 9.17) is 4.74 Å². The summed E-state index contributed by atoms with van der Waals surface area (Å²) in [6.45, 7) is 8.12. The Bertz CT molecular complexity index is 1310. The lowest BCUT2D eigenvalue weighted by Crippen LogP contribution is -2.43. The first-order valence-electron chi connectivity index (χ1n) is 11.3. The maximum atomic E-state index is 13.9. The molecule has 35 heavy (non-hydrogen) atoms. The van der Waals surface area contributed by atoms with E-state index in [0.717, 1.165) is 51.7 Å². The van der Waals surface area contributed by atoms with Crippen molar-refractivity contribution in [2.75, 3.05) is 37.7 Å². The summed E-state index contributed by atoms with van der Waals surface area (Å²) in [6.07, 6.45) is 5.25. The smallest absolute Gasteiger partial charge is 0.230 e. The zero-order valence-electron chi connectivity index (χ0n) is 19.5. The number of fused-ring (bicyclic) bond motifs is 1. The third-order valence-electron chi connectivity index (χ3n) is 5.47. The van der Waals surface area contributed by atoms with Crippen molar-refractivity contribution in [3.05, 3.63) is 60.4 Å². The number of H-pyrrole nitrogens is 1. The summed E-state index contributed by atoms with van der Waals surface area (Å²) in [5.74, 6) is -0.812. The number of Topliss-reactive ketones (excluding diaryl/α,β-unsaturated/α-hetero) is 2. The van der Waals surface area contributed by atoms with E-state index in [0.29, 0.717) is 5.82 Å². The molecule has 5 rings (SSSR count). The van der Waals surface area contributed by atoms with Crippen LogP contribution in [0.2, 0.25) is 0 Å². The van der Waals surface area contributed by atoms with Crippen LogP contribution in [0.15, 0.2) is 49.1 Å². The number of para-hydroxylation sites is 2. The van der Waals surface area contributed by atoms with Gasteiger partial charge in [-0.2, -0.15) is 0 Å². The molecule has 1 fully saturated rings. The van der Waals surface area contributed by atoms with E-state index in [2.05, 4.69) is 42.6 Å². The van der Waals surface area contributed by atoms with E-state index < -0.39 is 17.4 Å². The molecule has 1 saturated heterocycles. The van der Waals surface area contributed by atoms with Gasteiger partial charge < -0.3 is 19.9 Å². The van der Waals surface area contributed by atoms with Gasteiger partial charge in [0.15, 0.2) is 17.4 Å². The van der Waals surface area contributed by atoms with Gasteiger partial charge in [0.1, 0.15) is 5.75 Å². The monoisotopic (exact) mass is 479 g/mol. The van der Waals surface area contributed by atoms with Crippen LogP contribution in [-0.2, 0) is 4.79 Å². The number of aromatic amines is 1. The molecule has 1 aromatic carbocycles. The molecule has 0 bridgehead atoms. The minimum atomic E-state index is -0.758. The van der Waals surface area contributed by atoms with Gasteiger partial charge in [-0.15, -0.1) is 5.10 Å². The summed E-state index contributed by atoms with van der Waals surface area (Å²) in [5.41, 5.74) is 1.48. The van der Waals surface area contributed by atoms with Crippen LogP contribution < -0.4 is 15.0 Å². The molecule has 4 heterocycles. The molecule has 2 N–H and O–H groups in total. The number of rotatable bonds is 6. The number of pyridine rings is 1. The molecule has 4 aromatic rings. The molecule has 0 aliphatic carbocycles. The van der Waals surface area contributed by atoms with Crippen LogP contribution in [-0.4, -0.2) is 69.3 Å². The van der Waals surface area contributed by atoms with Gasteiger partial charge in [-0.1, -0.05) is 17.3 Å². The Balaban J connectivity index is 0.000000172. The van der Waals surface area contributed by atoms with Crippen LogP contribution in [0, 0.1) is 5.82 Å². The minimum absolute atomic E-state index is 0.0192. The minimum Gasteiger partial charge on any atom is -0.492 e. The molecule has 11 heteroatoms. The van der Waals surface area contributed by atoms with Crippen molar-refractivity contribution >= 4 is 28.2 Å². The van der Waals surface area contributed by atoms with Crippen LogP contribution >= 0.6 is 0 Å². The summed E-state index contributed by atoms with van der Waals surface area (Å²) >= 11 is 0. The number of nitrogens with one attached hydrogen (secondary N) is 2. The summed E-state index contributed by atoms with van der Waals surface area (Å²) in [4.78, 5) is 32.0. The van der Waals surface area contributed by atoms with Gasteiger partial charge in [-0.05, 0) is 19.1 Å². The number of benzene rings is 1. The molecule has 0 unspecified atom stereocenters. The number of hydrogen-bond acceptors (Lipinski definition) is 8. The van der Waals surface area contributed by atoms with Crippen LogP contribution in [0.25, 0.3) is 16.7 Å². The predicted molar refractivity (Wildman–Crippen MR) is 129 cm³/mol. The Morgan fingerprint density at radius 3 is 2.66 bits per heavy atom. The Kier molecular flexibility index (Phi) is 7.46. The fraction of sp³-hybridized carbons (Fsp3) is 0.292. The van der Waals surface area contributed by atoms with E-state index in [9.17, 15) is 14.0 Å². The number of ketones is 2. The molecule has 0 spiro atoms. The van der Waals surface area contributed by atoms with Crippen molar-refractivity contribution in [2.45, 2.75) is 13.8 Å². The van der Waals surface area contributed by atoms with Crippen molar-refractivity contribution in [1.29, 1.82) is 0 Å². The number of halogens is 1. The van der Waals surface area contributed by atoms with Crippen LogP contribution in [0.3, 0.4) is 0 Å². The fourth-order valence-corrected chi connectivity index (χ4v) is 3.86. The highest BCUT2D eigenvalue weighted by atomic mass is 19.1. The summed E-state index contributed by atoms with van der Waals surface area (Å²) < 4.78 is 20.9. The van der Waals surface area contributed by atoms with Crippen LogP contribution in [0.1, 0.15) is 24.2 Å². The second kappa shape index (κ2) is 10.9. The van der Waals surface area contributed by atoms with Crippen LogP contribution in [0.5, 0.6) is 5.75 Å². The van der Waals surface area contributed by atoms with Crippen molar-refractivity contribution in [2.24, 2.45) is 0 Å². The quantitative estimate of drug-likeness (QED) is 0.320. The first kappa shape index (κ1) is 24.0. The number of anilines is 1. The highest BCUT2D eigenvalue weighted by Crippen LogP contribution is 2.28. The molecule has 3 aromatic heterocycles. The topological polar surface area (TPSA) is 118 Å². The van der Waals surface area contributed by atoms with E-state index in [1.54, 1.807) is 0 Å². The highest BCUT2D eigenvalue weighted by molar-refractivity contribution is 6.45. The number of carbonyl (C=O) groups excluding carboxylic acids is 2. The van der Waals surface area contributed by atoms with E-state index >= 15 is 0 Å². The fourth-order valence-electron chi connectivity index (χ4n) is 3.86. The normalized spacial score (nSPS) is 13.3. The average Bonchev–Trinajstić information content (AvgIpc) is 3.57. The largest absolute Gasteiger partial charge is 0.492 e. The van der Waals surface area contributed by atoms with Gasteiger partial charge in [-0.25, -0.2) is 14.1 Å². The molecule has 1 aliphatic rings. The Morgan fingerprint density at radius 2 is 1.97 bits per heavy atom. The number of ether oxygens (including phenoxy) is 1. The van der Waals surface area contributed by atoms with Crippen LogP contribution in [0.4, 0.5) is 10.1 Å². The number of aromatic nitrogens is 5. The maximum Gasteiger partial charge on any atom is 0.230 e. The molecule has 0 amide bonds. The van der Waals surface area contributed by atoms with Gasteiger partial charge in [0.2, 0.25) is 5.78 Å². The number of carbonyl (C=O) groups is 2. The number of nitrogens with zero attached hydrogens (tertiary/aromatic N) is 5. The van der Waals surface area contributed by atoms with Gasteiger partial charge >= 0.3 is 0 Å². The second-order valence-corrected chi connectivity index (χ2v) is 7.75. The van der Waals surface area contributed by atoms with Gasteiger partial charge in [-0.3, -0.25) is 9.59 Å². The van der Waals surface area contributed by atoms with Gasteiger partial charge in [0.25, 0.3) is 0 Å². The number of hydrogen-bond donors (Lipinski definition) is 2. The molecular formula is C24H26FN7O3.